The van der Waals surface area contributed by atoms with E-state index in [0.717, 1.165) is 25.2 Å². The molecule has 1 aliphatic heterocycles. The highest BCUT2D eigenvalue weighted by atomic mass is 16.5. The lowest BCUT2D eigenvalue weighted by Crippen LogP contribution is -2.10. The molecule has 1 aromatic rings. The molecule has 1 heterocycles. The molecule has 0 aliphatic carbocycles. The molecule has 0 radical (unpaired) electrons. The van der Waals surface area contributed by atoms with E-state index in [1.807, 2.05) is 0 Å². The van der Waals surface area contributed by atoms with Gasteiger partial charge in [0.05, 0.1) is 6.61 Å². The van der Waals surface area contributed by atoms with E-state index in [1.54, 1.807) is 0 Å². The molecule has 2 heteroatoms. The van der Waals surface area contributed by atoms with Crippen LogP contribution in [0.5, 0.6) is 5.75 Å². The lowest BCUT2D eigenvalue weighted by molar-refractivity contribution is 0.351. The number of hydrogen-bond acceptors (Lipinski definition) is 2. The van der Waals surface area contributed by atoms with Crippen molar-refractivity contribution in [3.8, 4) is 5.75 Å². The van der Waals surface area contributed by atoms with Crippen molar-refractivity contribution in [3.05, 3.63) is 28.8 Å². The summed E-state index contributed by atoms with van der Waals surface area (Å²) in [5, 5.41) is 0. The Morgan fingerprint density at radius 1 is 1.50 bits per heavy atom. The predicted octanol–water partition coefficient (Wildman–Crippen LogP) is 2.34. The van der Waals surface area contributed by atoms with E-state index in [0.29, 0.717) is 0 Å². The molecule has 2 nitrogen and oxygen atoms in total. The Morgan fingerprint density at radius 3 is 3.00 bits per heavy atom. The molecule has 2 N–H and O–H groups in total. The van der Waals surface area contributed by atoms with Gasteiger partial charge in [-0.25, -0.2) is 0 Å². The van der Waals surface area contributed by atoms with Gasteiger partial charge in [-0.2, -0.15) is 0 Å². The average Bonchev–Trinajstić information content (AvgIpc) is 2.62. The Labute approximate surface area is 85.1 Å². The summed E-state index contributed by atoms with van der Waals surface area (Å²) in [6, 6.07) is 4.47. The van der Waals surface area contributed by atoms with E-state index < -0.39 is 0 Å². The minimum atomic E-state index is 0.113. The normalized spacial score (nSPS) is 16.2. The Kier molecular flexibility index (Phi) is 2.46. The Balaban J connectivity index is 2.48. The van der Waals surface area contributed by atoms with Gasteiger partial charge in [-0.05, 0) is 18.9 Å². The molecule has 0 spiro atoms. The van der Waals surface area contributed by atoms with Crippen molar-refractivity contribution < 1.29 is 4.74 Å². The Bertz CT molecular complexity index is 346. The van der Waals surface area contributed by atoms with Crippen molar-refractivity contribution in [1.29, 1.82) is 0 Å². The quantitative estimate of drug-likeness (QED) is 0.778. The van der Waals surface area contributed by atoms with Crippen LogP contribution in [0.4, 0.5) is 0 Å². The average molecular weight is 191 g/mol. The van der Waals surface area contributed by atoms with Crippen LogP contribution < -0.4 is 10.5 Å². The van der Waals surface area contributed by atoms with Crippen LogP contribution >= 0.6 is 0 Å². The summed E-state index contributed by atoms with van der Waals surface area (Å²) in [4.78, 5) is 0. The van der Waals surface area contributed by atoms with E-state index >= 15 is 0 Å². The largest absolute Gasteiger partial charge is 0.493 e. The van der Waals surface area contributed by atoms with Gasteiger partial charge in [-0.3, -0.25) is 0 Å². The second-order valence-electron chi connectivity index (χ2n) is 3.96. The highest BCUT2D eigenvalue weighted by Gasteiger charge is 2.19. The number of hydrogen-bond donors (Lipinski definition) is 1. The summed E-state index contributed by atoms with van der Waals surface area (Å²) in [6.07, 6.45) is 1.99. The SMILES string of the molecule is CC[C@@H](N)c1cc(C)cc2c1OCC2. The summed E-state index contributed by atoms with van der Waals surface area (Å²) in [6.45, 7) is 5.03. The van der Waals surface area contributed by atoms with Gasteiger partial charge in [0.25, 0.3) is 0 Å². The molecular formula is C12H17NO. The fourth-order valence-corrected chi connectivity index (χ4v) is 2.00. The molecule has 76 valence electrons. The first-order chi connectivity index (χ1) is 6.72. The molecule has 0 saturated heterocycles. The number of ether oxygens (including phenoxy) is 1. The molecule has 0 unspecified atom stereocenters. The number of aryl methyl sites for hydroxylation is 1. The van der Waals surface area contributed by atoms with Gasteiger partial charge >= 0.3 is 0 Å². The molecule has 0 aromatic heterocycles. The van der Waals surface area contributed by atoms with Crippen LogP contribution in [0.3, 0.4) is 0 Å². The van der Waals surface area contributed by atoms with Gasteiger partial charge in [0, 0.05) is 18.0 Å². The lowest BCUT2D eigenvalue weighted by Gasteiger charge is -2.14. The summed E-state index contributed by atoms with van der Waals surface area (Å²) in [5.41, 5.74) is 9.85. The second kappa shape index (κ2) is 3.62. The molecule has 0 saturated carbocycles. The molecule has 2 rings (SSSR count). The maximum absolute atomic E-state index is 6.06. The number of nitrogens with two attached hydrogens (primary N) is 1. The van der Waals surface area contributed by atoms with Crippen LogP contribution in [0.2, 0.25) is 0 Å². The third-order valence-electron chi connectivity index (χ3n) is 2.80. The molecule has 1 atom stereocenters. The smallest absolute Gasteiger partial charge is 0.127 e. The first-order valence-corrected chi connectivity index (χ1v) is 5.24. The van der Waals surface area contributed by atoms with E-state index in [2.05, 4.69) is 26.0 Å². The zero-order valence-electron chi connectivity index (χ0n) is 8.84. The minimum Gasteiger partial charge on any atom is -0.493 e. The van der Waals surface area contributed by atoms with E-state index in [1.165, 1.54) is 16.7 Å². The van der Waals surface area contributed by atoms with Crippen LogP contribution in [0.15, 0.2) is 12.1 Å². The number of benzene rings is 1. The van der Waals surface area contributed by atoms with Crippen molar-refractivity contribution in [2.24, 2.45) is 5.73 Å². The third kappa shape index (κ3) is 1.50. The standard InChI is InChI=1S/C12H17NO/c1-3-11(13)10-7-8(2)6-9-4-5-14-12(9)10/h6-7,11H,3-5,13H2,1-2H3/t11-/m1/s1. The van der Waals surface area contributed by atoms with Crippen molar-refractivity contribution in [3.63, 3.8) is 0 Å². The van der Waals surface area contributed by atoms with Gasteiger partial charge in [-0.15, -0.1) is 0 Å². The molecule has 14 heavy (non-hydrogen) atoms. The van der Waals surface area contributed by atoms with Gasteiger partial charge in [0.2, 0.25) is 0 Å². The fraction of sp³-hybridized carbons (Fsp3) is 0.500. The highest BCUT2D eigenvalue weighted by Crippen LogP contribution is 2.34. The van der Waals surface area contributed by atoms with E-state index in [4.69, 9.17) is 10.5 Å². The van der Waals surface area contributed by atoms with Crippen molar-refractivity contribution >= 4 is 0 Å². The Morgan fingerprint density at radius 2 is 2.29 bits per heavy atom. The van der Waals surface area contributed by atoms with Crippen molar-refractivity contribution in [2.75, 3.05) is 6.61 Å². The monoisotopic (exact) mass is 191 g/mol. The van der Waals surface area contributed by atoms with Crippen LogP contribution in [-0.4, -0.2) is 6.61 Å². The molecule has 1 aromatic carbocycles. The van der Waals surface area contributed by atoms with Crippen LogP contribution in [0.1, 0.15) is 36.1 Å². The van der Waals surface area contributed by atoms with Gasteiger partial charge in [0.15, 0.2) is 0 Å². The number of fused-ring (bicyclic) bond motifs is 1. The van der Waals surface area contributed by atoms with Crippen molar-refractivity contribution in [2.45, 2.75) is 32.7 Å². The predicted molar refractivity (Wildman–Crippen MR) is 57.6 cm³/mol. The minimum absolute atomic E-state index is 0.113. The highest BCUT2D eigenvalue weighted by molar-refractivity contribution is 5.48. The summed E-state index contributed by atoms with van der Waals surface area (Å²) >= 11 is 0. The van der Waals surface area contributed by atoms with Gasteiger partial charge in [-0.1, -0.05) is 24.6 Å². The first-order valence-electron chi connectivity index (χ1n) is 5.24. The third-order valence-corrected chi connectivity index (χ3v) is 2.80. The molecule has 0 bridgehead atoms. The number of rotatable bonds is 2. The second-order valence-corrected chi connectivity index (χ2v) is 3.96. The van der Waals surface area contributed by atoms with E-state index in [9.17, 15) is 0 Å². The fourth-order valence-electron chi connectivity index (χ4n) is 2.00. The summed E-state index contributed by atoms with van der Waals surface area (Å²) < 4.78 is 5.63. The maximum atomic E-state index is 6.06. The van der Waals surface area contributed by atoms with E-state index in [-0.39, 0.29) is 6.04 Å². The first kappa shape index (κ1) is 9.53. The summed E-state index contributed by atoms with van der Waals surface area (Å²) in [5.74, 6) is 1.05. The summed E-state index contributed by atoms with van der Waals surface area (Å²) in [7, 11) is 0. The van der Waals surface area contributed by atoms with Crippen LogP contribution in [0, 0.1) is 6.92 Å². The van der Waals surface area contributed by atoms with Gasteiger partial charge in [0.1, 0.15) is 5.75 Å². The lowest BCUT2D eigenvalue weighted by atomic mass is 9.98. The zero-order valence-corrected chi connectivity index (χ0v) is 8.84. The van der Waals surface area contributed by atoms with Crippen LogP contribution in [0.25, 0.3) is 0 Å². The van der Waals surface area contributed by atoms with Gasteiger partial charge < -0.3 is 10.5 Å². The maximum Gasteiger partial charge on any atom is 0.127 e. The molecule has 0 fully saturated rings. The van der Waals surface area contributed by atoms with Crippen LogP contribution in [-0.2, 0) is 6.42 Å². The zero-order chi connectivity index (χ0) is 10.1. The molecule has 1 aliphatic rings. The van der Waals surface area contributed by atoms with Crippen molar-refractivity contribution in [1.82, 2.24) is 0 Å². The molecular weight excluding hydrogens is 174 g/mol. The Hall–Kier alpha value is -1.02. The topological polar surface area (TPSA) is 35.2 Å². The molecule has 0 amide bonds.